The molecule has 2 heteroatoms. The number of hydrogen-bond acceptors (Lipinski definition) is 1. The van der Waals surface area contributed by atoms with Crippen LogP contribution in [0, 0.1) is 13.8 Å². The topological polar surface area (TPSA) is 37.3 Å². The Morgan fingerprint density at radius 3 is 2.54 bits per heavy atom. The first kappa shape index (κ1) is 9.78. The van der Waals surface area contributed by atoms with Gasteiger partial charge in [-0.15, -0.1) is 0 Å². The first-order valence-electron chi connectivity index (χ1n) is 4.37. The van der Waals surface area contributed by atoms with Crippen LogP contribution < -0.4 is 0 Å². The number of carbonyl (C=O) groups is 1. The molecule has 0 bridgehead atoms. The fourth-order valence-corrected chi connectivity index (χ4v) is 1.21. The number of aryl methyl sites for hydroxylation is 3. The van der Waals surface area contributed by atoms with Crippen LogP contribution in [-0.2, 0) is 11.2 Å². The summed E-state index contributed by atoms with van der Waals surface area (Å²) in [6.45, 7) is 4.09. The molecule has 0 amide bonds. The standard InChI is InChI=1S/C11H14O2/c1-8-3-4-10(7-9(8)2)5-6-11(12)13/h3-4,7H,5-6H2,1-2H3,(H,12,13). The van der Waals surface area contributed by atoms with Gasteiger partial charge < -0.3 is 5.11 Å². The molecule has 1 aromatic carbocycles. The van der Waals surface area contributed by atoms with Crippen LogP contribution in [-0.4, -0.2) is 11.1 Å². The van der Waals surface area contributed by atoms with E-state index < -0.39 is 5.97 Å². The van der Waals surface area contributed by atoms with Crippen molar-refractivity contribution < 1.29 is 9.90 Å². The molecule has 0 heterocycles. The zero-order valence-electron chi connectivity index (χ0n) is 8.00. The van der Waals surface area contributed by atoms with Gasteiger partial charge in [0.1, 0.15) is 0 Å². The molecule has 1 N–H and O–H groups in total. The molecule has 1 rings (SSSR count). The number of hydrogen-bond donors (Lipinski definition) is 1. The highest BCUT2D eigenvalue weighted by Gasteiger charge is 2.00. The smallest absolute Gasteiger partial charge is 0.303 e. The summed E-state index contributed by atoms with van der Waals surface area (Å²) in [5.74, 6) is -0.738. The lowest BCUT2D eigenvalue weighted by molar-refractivity contribution is -0.136. The molecule has 0 saturated carbocycles. The maximum atomic E-state index is 10.3. The van der Waals surface area contributed by atoms with E-state index in [1.807, 2.05) is 19.1 Å². The molecular formula is C11H14O2. The predicted octanol–water partition coefficient (Wildman–Crippen LogP) is 2.32. The van der Waals surface area contributed by atoms with Gasteiger partial charge in [-0.3, -0.25) is 4.79 Å². The molecule has 2 nitrogen and oxygen atoms in total. The number of aliphatic carboxylic acids is 1. The largest absolute Gasteiger partial charge is 0.481 e. The van der Waals surface area contributed by atoms with Gasteiger partial charge in [0.15, 0.2) is 0 Å². The Hall–Kier alpha value is -1.31. The second kappa shape index (κ2) is 4.08. The van der Waals surface area contributed by atoms with Crippen LogP contribution in [0.4, 0.5) is 0 Å². The number of carboxylic acid groups (broad SMARTS) is 1. The SMILES string of the molecule is Cc1ccc(CCC(=O)O)cc1C. The molecule has 0 aromatic heterocycles. The molecule has 0 fully saturated rings. The lowest BCUT2D eigenvalue weighted by Crippen LogP contribution is -1.97. The molecule has 70 valence electrons. The minimum absolute atomic E-state index is 0.211. The van der Waals surface area contributed by atoms with Crippen LogP contribution in [0.15, 0.2) is 18.2 Å². The number of rotatable bonds is 3. The Kier molecular flexibility index (Phi) is 3.07. The monoisotopic (exact) mass is 178 g/mol. The van der Waals surface area contributed by atoms with Crippen molar-refractivity contribution in [3.05, 3.63) is 34.9 Å². The summed E-state index contributed by atoms with van der Waals surface area (Å²) in [5.41, 5.74) is 3.58. The van der Waals surface area contributed by atoms with Crippen LogP contribution in [0.3, 0.4) is 0 Å². The minimum Gasteiger partial charge on any atom is -0.481 e. The molecule has 0 unspecified atom stereocenters. The van der Waals surface area contributed by atoms with Crippen molar-refractivity contribution in [1.29, 1.82) is 0 Å². The van der Waals surface area contributed by atoms with E-state index in [-0.39, 0.29) is 6.42 Å². The quantitative estimate of drug-likeness (QED) is 0.771. The zero-order chi connectivity index (χ0) is 9.84. The molecular weight excluding hydrogens is 164 g/mol. The highest BCUT2D eigenvalue weighted by Crippen LogP contribution is 2.11. The molecule has 0 aliphatic heterocycles. The second-order valence-corrected chi connectivity index (χ2v) is 3.31. The van der Waals surface area contributed by atoms with E-state index in [1.165, 1.54) is 11.1 Å². The van der Waals surface area contributed by atoms with Crippen LogP contribution >= 0.6 is 0 Å². The van der Waals surface area contributed by atoms with Crippen LogP contribution in [0.5, 0.6) is 0 Å². The molecule has 0 aliphatic carbocycles. The summed E-state index contributed by atoms with van der Waals surface area (Å²) in [5, 5.41) is 8.50. The van der Waals surface area contributed by atoms with Crippen molar-refractivity contribution in [2.75, 3.05) is 0 Å². The van der Waals surface area contributed by atoms with E-state index in [4.69, 9.17) is 5.11 Å². The Balaban J connectivity index is 2.68. The van der Waals surface area contributed by atoms with E-state index in [0.717, 1.165) is 5.56 Å². The molecule has 13 heavy (non-hydrogen) atoms. The van der Waals surface area contributed by atoms with E-state index >= 15 is 0 Å². The fourth-order valence-electron chi connectivity index (χ4n) is 1.21. The molecule has 0 aliphatic rings. The van der Waals surface area contributed by atoms with Crippen LogP contribution in [0.25, 0.3) is 0 Å². The lowest BCUT2D eigenvalue weighted by Gasteiger charge is -2.03. The summed E-state index contributed by atoms with van der Waals surface area (Å²) in [6, 6.07) is 6.08. The highest BCUT2D eigenvalue weighted by atomic mass is 16.4. The van der Waals surface area contributed by atoms with Crippen molar-refractivity contribution >= 4 is 5.97 Å². The third-order valence-corrected chi connectivity index (χ3v) is 2.20. The van der Waals surface area contributed by atoms with Gasteiger partial charge in [0.05, 0.1) is 0 Å². The minimum atomic E-state index is -0.738. The Labute approximate surface area is 78.2 Å². The Bertz CT molecular complexity index is 316. The molecule has 0 saturated heterocycles. The van der Waals surface area contributed by atoms with Gasteiger partial charge in [-0.2, -0.15) is 0 Å². The summed E-state index contributed by atoms with van der Waals surface area (Å²) in [4.78, 5) is 10.3. The normalized spacial score (nSPS) is 10.0. The lowest BCUT2D eigenvalue weighted by atomic mass is 10.0. The summed E-state index contributed by atoms with van der Waals surface area (Å²) >= 11 is 0. The van der Waals surface area contributed by atoms with E-state index in [0.29, 0.717) is 6.42 Å². The highest BCUT2D eigenvalue weighted by molar-refractivity contribution is 5.67. The van der Waals surface area contributed by atoms with Crippen molar-refractivity contribution in [3.63, 3.8) is 0 Å². The van der Waals surface area contributed by atoms with Gasteiger partial charge >= 0.3 is 5.97 Å². The maximum absolute atomic E-state index is 10.3. The molecule has 1 aromatic rings. The average Bonchev–Trinajstić information content (AvgIpc) is 2.07. The van der Waals surface area contributed by atoms with E-state index in [1.54, 1.807) is 0 Å². The van der Waals surface area contributed by atoms with Crippen molar-refractivity contribution in [1.82, 2.24) is 0 Å². The summed E-state index contributed by atoms with van der Waals surface area (Å²) in [7, 11) is 0. The van der Waals surface area contributed by atoms with Gasteiger partial charge in [0.25, 0.3) is 0 Å². The number of carboxylic acids is 1. The van der Waals surface area contributed by atoms with E-state index in [2.05, 4.69) is 13.0 Å². The fraction of sp³-hybridized carbons (Fsp3) is 0.364. The summed E-state index contributed by atoms with van der Waals surface area (Å²) < 4.78 is 0. The van der Waals surface area contributed by atoms with Gasteiger partial charge in [-0.05, 0) is 37.0 Å². The molecule has 0 spiro atoms. The zero-order valence-corrected chi connectivity index (χ0v) is 8.00. The van der Waals surface area contributed by atoms with Gasteiger partial charge in [0.2, 0.25) is 0 Å². The first-order chi connectivity index (χ1) is 6.09. The Morgan fingerprint density at radius 1 is 1.31 bits per heavy atom. The molecule has 0 radical (unpaired) electrons. The van der Waals surface area contributed by atoms with Crippen molar-refractivity contribution in [2.24, 2.45) is 0 Å². The maximum Gasteiger partial charge on any atom is 0.303 e. The predicted molar refractivity (Wildman–Crippen MR) is 51.9 cm³/mol. The third kappa shape index (κ3) is 2.90. The number of benzene rings is 1. The van der Waals surface area contributed by atoms with E-state index in [9.17, 15) is 4.79 Å². The van der Waals surface area contributed by atoms with Gasteiger partial charge in [-0.25, -0.2) is 0 Å². The van der Waals surface area contributed by atoms with Crippen molar-refractivity contribution in [2.45, 2.75) is 26.7 Å². The average molecular weight is 178 g/mol. The molecule has 0 atom stereocenters. The first-order valence-corrected chi connectivity index (χ1v) is 4.37. The Morgan fingerprint density at radius 2 is 2.00 bits per heavy atom. The van der Waals surface area contributed by atoms with Crippen LogP contribution in [0.2, 0.25) is 0 Å². The third-order valence-electron chi connectivity index (χ3n) is 2.20. The second-order valence-electron chi connectivity index (χ2n) is 3.31. The van der Waals surface area contributed by atoms with Crippen LogP contribution in [0.1, 0.15) is 23.1 Å². The van der Waals surface area contributed by atoms with Gasteiger partial charge in [-0.1, -0.05) is 18.2 Å². The summed E-state index contributed by atoms with van der Waals surface area (Å²) in [6.07, 6.45) is 0.832. The van der Waals surface area contributed by atoms with Crippen molar-refractivity contribution in [3.8, 4) is 0 Å². The van der Waals surface area contributed by atoms with Gasteiger partial charge in [0, 0.05) is 6.42 Å².